The second kappa shape index (κ2) is 6.23. The van der Waals surface area contributed by atoms with Crippen molar-refractivity contribution in [3.05, 3.63) is 19.2 Å². The zero-order valence-corrected chi connectivity index (χ0v) is 12.3. The summed E-state index contributed by atoms with van der Waals surface area (Å²) in [6.45, 7) is 3.08. The van der Waals surface area contributed by atoms with Gasteiger partial charge < -0.3 is 10.2 Å². The van der Waals surface area contributed by atoms with Gasteiger partial charge in [0, 0.05) is 19.6 Å². The molecule has 2 nitrogen and oxygen atoms in total. The van der Waals surface area contributed by atoms with Crippen LogP contribution in [-0.4, -0.2) is 32.1 Å². The molecule has 1 rings (SSSR count). The lowest BCUT2D eigenvalue weighted by molar-refractivity contribution is 0.328. The fourth-order valence-corrected chi connectivity index (χ4v) is 3.96. The average molecular weight is 342 g/mol. The lowest BCUT2D eigenvalue weighted by atomic mass is 10.3. The molecule has 1 aromatic rings. The van der Waals surface area contributed by atoms with E-state index in [0.29, 0.717) is 0 Å². The molecule has 0 aromatic carbocycles. The van der Waals surface area contributed by atoms with E-state index in [1.807, 2.05) is 7.05 Å². The summed E-state index contributed by atoms with van der Waals surface area (Å²) in [5.74, 6) is 0. The number of nitrogens with one attached hydrogen (secondary N) is 1. The maximum atomic E-state index is 3.56. The Morgan fingerprint density at radius 1 is 1.50 bits per heavy atom. The van der Waals surface area contributed by atoms with Crippen LogP contribution in [0.3, 0.4) is 0 Å². The van der Waals surface area contributed by atoms with E-state index in [2.05, 4.69) is 55.2 Å². The molecular formula is C9H14Br2N2S. The highest BCUT2D eigenvalue weighted by Crippen LogP contribution is 2.32. The monoisotopic (exact) mass is 340 g/mol. The Hall–Kier alpha value is 0.580. The molecule has 1 N–H and O–H groups in total. The molecular weight excluding hydrogens is 328 g/mol. The van der Waals surface area contributed by atoms with E-state index in [0.717, 1.165) is 19.6 Å². The molecule has 0 saturated carbocycles. The molecule has 0 fully saturated rings. The number of hydrogen-bond donors (Lipinski definition) is 1. The summed E-state index contributed by atoms with van der Waals surface area (Å²) in [6, 6.07) is 2.17. The van der Waals surface area contributed by atoms with Crippen molar-refractivity contribution in [3.63, 3.8) is 0 Å². The van der Waals surface area contributed by atoms with Gasteiger partial charge in [-0.25, -0.2) is 0 Å². The summed E-state index contributed by atoms with van der Waals surface area (Å²) in [4.78, 5) is 2.30. The molecule has 0 aliphatic rings. The van der Waals surface area contributed by atoms with E-state index in [9.17, 15) is 0 Å². The molecule has 0 bridgehead atoms. The minimum atomic E-state index is 0.990. The molecule has 0 amide bonds. The number of thiophene rings is 1. The third-order valence-corrected chi connectivity index (χ3v) is 4.37. The molecule has 0 atom stereocenters. The van der Waals surface area contributed by atoms with Gasteiger partial charge in [0.25, 0.3) is 0 Å². The molecule has 80 valence electrons. The second-order valence-electron chi connectivity index (χ2n) is 3.19. The van der Waals surface area contributed by atoms with Crippen molar-refractivity contribution >= 4 is 43.2 Å². The van der Waals surface area contributed by atoms with Gasteiger partial charge in [-0.3, -0.25) is 0 Å². The smallest absolute Gasteiger partial charge is 0.0755 e. The van der Waals surface area contributed by atoms with E-state index < -0.39 is 0 Å². The van der Waals surface area contributed by atoms with E-state index in [1.165, 1.54) is 13.1 Å². The SMILES string of the molecule is CNCCN(C)Cc1cc(Br)sc1Br. The maximum Gasteiger partial charge on any atom is 0.0755 e. The fraction of sp³-hybridized carbons (Fsp3) is 0.556. The minimum absolute atomic E-state index is 0.990. The molecule has 14 heavy (non-hydrogen) atoms. The van der Waals surface area contributed by atoms with Gasteiger partial charge in [0.1, 0.15) is 0 Å². The van der Waals surface area contributed by atoms with E-state index in [1.54, 1.807) is 11.3 Å². The van der Waals surface area contributed by atoms with Crippen molar-refractivity contribution in [2.24, 2.45) is 0 Å². The number of hydrogen-bond acceptors (Lipinski definition) is 3. The summed E-state index contributed by atoms with van der Waals surface area (Å²) in [5, 5.41) is 3.14. The molecule has 0 aliphatic carbocycles. The highest BCUT2D eigenvalue weighted by molar-refractivity contribution is 9.12. The summed E-state index contributed by atoms with van der Waals surface area (Å²) >= 11 is 8.77. The topological polar surface area (TPSA) is 15.3 Å². The Kier molecular flexibility index (Phi) is 5.62. The molecule has 5 heteroatoms. The van der Waals surface area contributed by atoms with Gasteiger partial charge in [-0.05, 0) is 57.6 Å². The molecule has 0 unspecified atom stereocenters. The summed E-state index contributed by atoms with van der Waals surface area (Å²) < 4.78 is 2.40. The molecule has 0 radical (unpaired) electrons. The Balaban J connectivity index is 2.47. The van der Waals surface area contributed by atoms with Crippen LogP contribution in [-0.2, 0) is 6.54 Å². The third-order valence-electron chi connectivity index (χ3n) is 1.91. The Bertz CT molecular complexity index is 288. The Labute approximate surface area is 106 Å². The number of nitrogens with zero attached hydrogens (tertiary/aromatic N) is 1. The van der Waals surface area contributed by atoms with Crippen LogP contribution in [0, 0.1) is 0 Å². The zero-order valence-electron chi connectivity index (χ0n) is 8.31. The van der Waals surface area contributed by atoms with E-state index in [4.69, 9.17) is 0 Å². The largest absolute Gasteiger partial charge is 0.318 e. The van der Waals surface area contributed by atoms with Crippen LogP contribution in [0.5, 0.6) is 0 Å². The third kappa shape index (κ3) is 3.98. The van der Waals surface area contributed by atoms with E-state index in [-0.39, 0.29) is 0 Å². The van der Waals surface area contributed by atoms with Crippen LogP contribution >= 0.6 is 43.2 Å². The highest BCUT2D eigenvalue weighted by atomic mass is 79.9. The quantitative estimate of drug-likeness (QED) is 0.885. The second-order valence-corrected chi connectivity index (χ2v) is 6.94. The average Bonchev–Trinajstić information content (AvgIpc) is 2.42. The molecule has 1 aromatic heterocycles. The number of halogens is 2. The van der Waals surface area contributed by atoms with Crippen molar-refractivity contribution in [1.29, 1.82) is 0 Å². The highest BCUT2D eigenvalue weighted by Gasteiger charge is 2.07. The van der Waals surface area contributed by atoms with Gasteiger partial charge in [-0.15, -0.1) is 11.3 Å². The minimum Gasteiger partial charge on any atom is -0.318 e. The first kappa shape index (κ1) is 12.6. The van der Waals surface area contributed by atoms with Crippen LogP contribution < -0.4 is 5.32 Å². The van der Waals surface area contributed by atoms with Crippen LogP contribution in [0.2, 0.25) is 0 Å². The van der Waals surface area contributed by atoms with Crippen LogP contribution in [0.15, 0.2) is 13.6 Å². The van der Waals surface area contributed by atoms with Gasteiger partial charge in [0.15, 0.2) is 0 Å². The van der Waals surface area contributed by atoms with Crippen LogP contribution in [0.1, 0.15) is 5.56 Å². The van der Waals surface area contributed by atoms with Crippen molar-refractivity contribution in [2.45, 2.75) is 6.54 Å². The lowest BCUT2D eigenvalue weighted by Crippen LogP contribution is -2.26. The fourth-order valence-electron chi connectivity index (χ4n) is 1.15. The van der Waals surface area contributed by atoms with Gasteiger partial charge in [0.05, 0.1) is 7.57 Å². The van der Waals surface area contributed by atoms with E-state index >= 15 is 0 Å². The van der Waals surface area contributed by atoms with Crippen molar-refractivity contribution in [2.75, 3.05) is 27.2 Å². The van der Waals surface area contributed by atoms with Crippen molar-refractivity contribution in [3.8, 4) is 0 Å². The van der Waals surface area contributed by atoms with Crippen molar-refractivity contribution in [1.82, 2.24) is 10.2 Å². The summed E-state index contributed by atoms with van der Waals surface area (Å²) in [7, 11) is 4.11. The predicted molar refractivity (Wildman–Crippen MR) is 70.0 cm³/mol. The summed E-state index contributed by atoms with van der Waals surface area (Å²) in [6.07, 6.45) is 0. The first-order chi connectivity index (χ1) is 6.63. The first-order valence-corrected chi connectivity index (χ1v) is 6.80. The standard InChI is InChI=1S/C9H14Br2N2S/c1-12-3-4-13(2)6-7-5-8(10)14-9(7)11/h5,12H,3-4,6H2,1-2H3. The molecule has 0 spiro atoms. The zero-order chi connectivity index (χ0) is 10.6. The van der Waals surface area contributed by atoms with Gasteiger partial charge in [-0.1, -0.05) is 0 Å². The first-order valence-electron chi connectivity index (χ1n) is 4.40. The normalized spacial score (nSPS) is 11.2. The van der Waals surface area contributed by atoms with Gasteiger partial charge in [0.2, 0.25) is 0 Å². The maximum absolute atomic E-state index is 3.56. The Morgan fingerprint density at radius 2 is 2.21 bits per heavy atom. The number of rotatable bonds is 5. The van der Waals surface area contributed by atoms with Gasteiger partial charge >= 0.3 is 0 Å². The van der Waals surface area contributed by atoms with Crippen LogP contribution in [0.4, 0.5) is 0 Å². The lowest BCUT2D eigenvalue weighted by Gasteiger charge is -2.15. The van der Waals surface area contributed by atoms with Gasteiger partial charge in [-0.2, -0.15) is 0 Å². The summed E-state index contributed by atoms with van der Waals surface area (Å²) in [5.41, 5.74) is 1.35. The number of likely N-dealkylation sites (N-methyl/N-ethyl adjacent to an activating group) is 2. The predicted octanol–water partition coefficient (Wildman–Crippen LogP) is 2.92. The van der Waals surface area contributed by atoms with Crippen LogP contribution in [0.25, 0.3) is 0 Å². The molecule has 1 heterocycles. The Morgan fingerprint density at radius 3 is 2.71 bits per heavy atom. The van der Waals surface area contributed by atoms with Crippen molar-refractivity contribution < 1.29 is 0 Å². The molecule has 0 saturated heterocycles. The molecule has 0 aliphatic heterocycles.